The summed E-state index contributed by atoms with van der Waals surface area (Å²) < 4.78 is 5.27. The van der Waals surface area contributed by atoms with Gasteiger partial charge in [-0.15, -0.1) is 0 Å². The second-order valence-electron chi connectivity index (χ2n) is 3.12. The number of nitrogens with zero attached hydrogens (tertiary/aromatic N) is 1. The van der Waals surface area contributed by atoms with Crippen molar-refractivity contribution in [2.75, 3.05) is 5.73 Å². The minimum absolute atomic E-state index is 0.115. The Hall–Kier alpha value is -1.78. The summed E-state index contributed by atoms with van der Waals surface area (Å²) in [6.45, 7) is 3.60. The topological polar surface area (TPSA) is 78.4 Å². The molecule has 0 atom stereocenters. The molecule has 1 aromatic rings. The molecular weight excluding hydrogens is 184 g/mol. The minimum atomic E-state index is -0.535. The lowest BCUT2D eigenvalue weighted by Crippen LogP contribution is -2.08. The molecule has 14 heavy (non-hydrogen) atoms. The van der Waals surface area contributed by atoms with E-state index >= 15 is 0 Å². The van der Waals surface area contributed by atoms with E-state index in [0.29, 0.717) is 0 Å². The van der Waals surface area contributed by atoms with Gasteiger partial charge in [-0.2, -0.15) is 0 Å². The molecule has 0 unspecified atom stereocenters. The van der Waals surface area contributed by atoms with Crippen molar-refractivity contribution in [1.29, 1.82) is 0 Å². The average molecular weight is 196 g/mol. The Morgan fingerprint density at radius 1 is 1.50 bits per heavy atom. The maximum Gasteiger partial charge on any atom is 0.333 e. The molecule has 76 valence electrons. The van der Waals surface area contributed by atoms with Crippen LogP contribution in [0.1, 0.15) is 13.8 Å². The number of benzene rings is 1. The van der Waals surface area contributed by atoms with Crippen molar-refractivity contribution in [2.45, 2.75) is 20.0 Å². The summed E-state index contributed by atoms with van der Waals surface area (Å²) in [6, 6.07) is 4.64. The second-order valence-corrected chi connectivity index (χ2v) is 3.12. The first-order chi connectivity index (χ1) is 6.52. The predicted octanol–water partition coefficient (Wildman–Crippen LogP) is 1.96. The first kappa shape index (κ1) is 10.3. The number of rotatable bonds is 3. The predicted molar refractivity (Wildman–Crippen MR) is 53.3 cm³/mol. The molecule has 5 heteroatoms. The number of nitrogen functional groups attached to an aromatic ring is 1. The SMILES string of the molecule is CC(C)Oc1cccc(N)c1[N+](=O)[O-]. The number of nitro groups is 1. The smallest absolute Gasteiger partial charge is 0.333 e. The molecule has 0 saturated heterocycles. The summed E-state index contributed by atoms with van der Waals surface area (Å²) in [5.41, 5.74) is 5.43. The van der Waals surface area contributed by atoms with E-state index in [4.69, 9.17) is 10.5 Å². The third-order valence-corrected chi connectivity index (χ3v) is 1.58. The van der Waals surface area contributed by atoms with Gasteiger partial charge < -0.3 is 10.5 Å². The average Bonchev–Trinajstić information content (AvgIpc) is 2.01. The number of anilines is 1. The highest BCUT2D eigenvalue weighted by Gasteiger charge is 2.19. The highest BCUT2D eigenvalue weighted by molar-refractivity contribution is 5.65. The van der Waals surface area contributed by atoms with Crippen molar-refractivity contribution in [1.82, 2.24) is 0 Å². The normalized spacial score (nSPS) is 10.2. The molecule has 0 aliphatic rings. The van der Waals surface area contributed by atoms with Gasteiger partial charge in [-0.1, -0.05) is 6.07 Å². The first-order valence-corrected chi connectivity index (χ1v) is 4.22. The lowest BCUT2D eigenvalue weighted by Gasteiger charge is -2.10. The fourth-order valence-corrected chi connectivity index (χ4v) is 1.08. The Bertz CT molecular complexity index is 350. The van der Waals surface area contributed by atoms with Crippen LogP contribution in [-0.2, 0) is 0 Å². The van der Waals surface area contributed by atoms with Gasteiger partial charge in [-0.25, -0.2) is 0 Å². The molecule has 1 rings (SSSR count). The summed E-state index contributed by atoms with van der Waals surface area (Å²) >= 11 is 0. The molecule has 0 fully saturated rings. The van der Waals surface area contributed by atoms with Gasteiger partial charge in [0.2, 0.25) is 0 Å². The summed E-state index contributed by atoms with van der Waals surface area (Å²) in [5, 5.41) is 10.7. The van der Waals surface area contributed by atoms with Crippen molar-refractivity contribution in [3.8, 4) is 5.75 Å². The van der Waals surface area contributed by atoms with Crippen LogP contribution in [-0.4, -0.2) is 11.0 Å². The lowest BCUT2D eigenvalue weighted by atomic mass is 10.2. The van der Waals surface area contributed by atoms with Gasteiger partial charge in [-0.3, -0.25) is 10.1 Å². The fourth-order valence-electron chi connectivity index (χ4n) is 1.08. The number of nitro benzene ring substituents is 1. The zero-order valence-electron chi connectivity index (χ0n) is 8.06. The van der Waals surface area contributed by atoms with Crippen LogP contribution in [0.4, 0.5) is 11.4 Å². The zero-order chi connectivity index (χ0) is 10.7. The van der Waals surface area contributed by atoms with Gasteiger partial charge >= 0.3 is 5.69 Å². The van der Waals surface area contributed by atoms with Crippen LogP contribution in [0.5, 0.6) is 5.75 Å². The molecule has 0 radical (unpaired) electrons. The van der Waals surface area contributed by atoms with E-state index in [2.05, 4.69) is 0 Å². The van der Waals surface area contributed by atoms with Crippen molar-refractivity contribution >= 4 is 11.4 Å². The van der Waals surface area contributed by atoms with Crippen LogP contribution < -0.4 is 10.5 Å². The summed E-state index contributed by atoms with van der Waals surface area (Å²) in [4.78, 5) is 10.1. The standard InChI is InChI=1S/C9H12N2O3/c1-6(2)14-8-5-3-4-7(10)9(8)11(12)13/h3-6H,10H2,1-2H3. The molecule has 5 nitrogen and oxygen atoms in total. The molecule has 0 saturated carbocycles. The van der Waals surface area contributed by atoms with E-state index in [1.165, 1.54) is 12.1 Å². The number of hydrogen-bond acceptors (Lipinski definition) is 4. The number of hydrogen-bond donors (Lipinski definition) is 1. The molecule has 0 heterocycles. The quantitative estimate of drug-likeness (QED) is 0.455. The second kappa shape index (κ2) is 3.95. The summed E-state index contributed by atoms with van der Waals surface area (Å²) in [6.07, 6.45) is -0.115. The Labute approximate surface area is 81.6 Å². The van der Waals surface area contributed by atoms with E-state index in [0.717, 1.165) is 0 Å². The van der Waals surface area contributed by atoms with Gasteiger partial charge in [-0.05, 0) is 26.0 Å². The van der Waals surface area contributed by atoms with Crippen LogP contribution in [0, 0.1) is 10.1 Å². The molecule has 0 aliphatic heterocycles. The van der Waals surface area contributed by atoms with Gasteiger partial charge in [0.05, 0.1) is 11.0 Å². The first-order valence-electron chi connectivity index (χ1n) is 4.22. The van der Waals surface area contributed by atoms with E-state index in [1.807, 2.05) is 0 Å². The van der Waals surface area contributed by atoms with Crippen molar-refractivity contribution in [3.63, 3.8) is 0 Å². The molecule has 0 spiro atoms. The maximum atomic E-state index is 10.7. The monoisotopic (exact) mass is 196 g/mol. The van der Waals surface area contributed by atoms with Crippen molar-refractivity contribution in [2.24, 2.45) is 0 Å². The Kier molecular flexibility index (Phi) is 2.91. The summed E-state index contributed by atoms with van der Waals surface area (Å²) in [7, 11) is 0. The van der Waals surface area contributed by atoms with Gasteiger partial charge in [0.25, 0.3) is 0 Å². The van der Waals surface area contributed by atoms with Crippen molar-refractivity contribution < 1.29 is 9.66 Å². The fraction of sp³-hybridized carbons (Fsp3) is 0.333. The molecule has 0 aliphatic carbocycles. The lowest BCUT2D eigenvalue weighted by molar-refractivity contribution is -0.385. The third-order valence-electron chi connectivity index (χ3n) is 1.58. The molecule has 0 aromatic heterocycles. The summed E-state index contributed by atoms with van der Waals surface area (Å²) in [5.74, 6) is 0.213. The third kappa shape index (κ3) is 2.12. The van der Waals surface area contributed by atoms with Crippen LogP contribution in [0.3, 0.4) is 0 Å². The Morgan fingerprint density at radius 3 is 2.64 bits per heavy atom. The van der Waals surface area contributed by atoms with Crippen LogP contribution in [0.2, 0.25) is 0 Å². The van der Waals surface area contributed by atoms with E-state index < -0.39 is 4.92 Å². The molecule has 0 bridgehead atoms. The van der Waals surface area contributed by atoms with E-state index in [9.17, 15) is 10.1 Å². The highest BCUT2D eigenvalue weighted by atomic mass is 16.6. The van der Waals surface area contributed by atoms with Crippen LogP contribution in [0.25, 0.3) is 0 Å². The van der Waals surface area contributed by atoms with Gasteiger partial charge in [0.15, 0.2) is 5.75 Å². The number of nitrogens with two attached hydrogens (primary N) is 1. The van der Waals surface area contributed by atoms with Gasteiger partial charge in [0, 0.05) is 0 Å². The van der Waals surface area contributed by atoms with E-state index in [-0.39, 0.29) is 23.2 Å². The van der Waals surface area contributed by atoms with Crippen LogP contribution >= 0.6 is 0 Å². The van der Waals surface area contributed by atoms with Crippen LogP contribution in [0.15, 0.2) is 18.2 Å². The molecule has 1 aromatic carbocycles. The largest absolute Gasteiger partial charge is 0.484 e. The van der Waals surface area contributed by atoms with E-state index in [1.54, 1.807) is 19.9 Å². The molecule has 2 N–H and O–H groups in total. The Morgan fingerprint density at radius 2 is 2.14 bits per heavy atom. The number of para-hydroxylation sites is 1. The highest BCUT2D eigenvalue weighted by Crippen LogP contribution is 2.32. The molecule has 0 amide bonds. The van der Waals surface area contributed by atoms with Crippen molar-refractivity contribution in [3.05, 3.63) is 28.3 Å². The zero-order valence-corrected chi connectivity index (χ0v) is 8.06. The molecular formula is C9H12N2O3. The maximum absolute atomic E-state index is 10.7. The minimum Gasteiger partial charge on any atom is -0.484 e. The van der Waals surface area contributed by atoms with Gasteiger partial charge in [0.1, 0.15) is 5.69 Å². The number of ether oxygens (including phenoxy) is 1. The Balaban J connectivity index is 3.14.